The van der Waals surface area contributed by atoms with Gasteiger partial charge in [0, 0.05) is 0 Å². The quantitative estimate of drug-likeness (QED) is 0.422. The van der Waals surface area contributed by atoms with Crippen molar-refractivity contribution in [1.29, 1.82) is 0 Å². The van der Waals surface area contributed by atoms with Gasteiger partial charge in [0.2, 0.25) is 0 Å². The molecule has 0 atom stereocenters. The molecule has 1 aliphatic carbocycles. The molecule has 0 unspecified atom stereocenters. The number of unbranched alkanes of at least 4 members (excludes halogenated alkanes) is 5. The molecule has 1 fully saturated rings. The Morgan fingerprint density at radius 1 is 0.793 bits per heavy atom. The van der Waals surface area contributed by atoms with Crippen molar-refractivity contribution in [2.24, 2.45) is 5.92 Å². The molecule has 2 heteroatoms. The Morgan fingerprint density at radius 2 is 1.34 bits per heavy atom. The molecule has 1 N–H and O–H groups in total. The first kappa shape index (κ1) is 21.6. The second kappa shape index (κ2) is 11.2. The van der Waals surface area contributed by atoms with Crippen molar-refractivity contribution >= 4 is 5.97 Å². The van der Waals surface area contributed by atoms with Crippen molar-refractivity contribution in [3.8, 4) is 11.1 Å². The van der Waals surface area contributed by atoms with Gasteiger partial charge in [-0.05, 0) is 66.7 Å². The summed E-state index contributed by atoms with van der Waals surface area (Å²) in [5.41, 5.74) is 5.34. The number of carboxylic acid groups (broad SMARTS) is 1. The van der Waals surface area contributed by atoms with Crippen molar-refractivity contribution in [2.45, 2.75) is 83.5 Å². The number of aryl methyl sites for hydroxylation is 1. The monoisotopic (exact) mass is 392 g/mol. The molecule has 0 bridgehead atoms. The summed E-state index contributed by atoms with van der Waals surface area (Å²) in [6, 6.07) is 18.0. The summed E-state index contributed by atoms with van der Waals surface area (Å²) < 4.78 is 0. The van der Waals surface area contributed by atoms with Gasteiger partial charge in [-0.2, -0.15) is 0 Å². The third-order valence-electron chi connectivity index (χ3n) is 6.56. The minimum Gasteiger partial charge on any atom is -0.481 e. The van der Waals surface area contributed by atoms with Crippen LogP contribution in [0.25, 0.3) is 11.1 Å². The molecule has 0 aliphatic heterocycles. The maximum atomic E-state index is 11.1. The van der Waals surface area contributed by atoms with E-state index in [1.54, 1.807) is 0 Å². The summed E-state index contributed by atoms with van der Waals surface area (Å²) in [4.78, 5) is 11.1. The van der Waals surface area contributed by atoms with E-state index in [4.69, 9.17) is 5.11 Å². The minimum atomic E-state index is -0.626. The summed E-state index contributed by atoms with van der Waals surface area (Å²) in [5, 5.41) is 9.17. The highest BCUT2D eigenvalue weighted by Gasteiger charge is 2.26. The molecule has 0 spiro atoms. The maximum Gasteiger partial charge on any atom is 0.306 e. The van der Waals surface area contributed by atoms with E-state index < -0.39 is 5.97 Å². The van der Waals surface area contributed by atoms with Crippen LogP contribution in [-0.4, -0.2) is 11.1 Å². The highest BCUT2D eigenvalue weighted by atomic mass is 16.4. The molecule has 1 saturated carbocycles. The normalized spacial score (nSPS) is 19.2. The van der Waals surface area contributed by atoms with Crippen molar-refractivity contribution in [1.82, 2.24) is 0 Å². The Bertz CT molecular complexity index is 737. The molecule has 0 amide bonds. The van der Waals surface area contributed by atoms with E-state index in [1.807, 2.05) is 0 Å². The van der Waals surface area contributed by atoms with Gasteiger partial charge in [-0.1, -0.05) is 87.6 Å². The summed E-state index contributed by atoms with van der Waals surface area (Å²) in [6.45, 7) is 2.27. The second-order valence-electron chi connectivity index (χ2n) is 8.72. The maximum absolute atomic E-state index is 11.1. The van der Waals surface area contributed by atoms with Gasteiger partial charge in [-0.3, -0.25) is 4.79 Å². The van der Waals surface area contributed by atoms with Crippen LogP contribution in [0, 0.1) is 5.92 Å². The predicted octanol–water partition coefficient (Wildman–Crippen LogP) is 7.62. The Morgan fingerprint density at radius 3 is 1.93 bits per heavy atom. The van der Waals surface area contributed by atoms with Crippen molar-refractivity contribution < 1.29 is 9.90 Å². The lowest BCUT2D eigenvalue weighted by atomic mass is 9.78. The molecule has 0 radical (unpaired) electrons. The van der Waals surface area contributed by atoms with Crippen LogP contribution in [0.1, 0.15) is 88.2 Å². The number of benzene rings is 2. The van der Waals surface area contributed by atoms with Gasteiger partial charge in [0.1, 0.15) is 0 Å². The largest absolute Gasteiger partial charge is 0.481 e. The first-order valence-electron chi connectivity index (χ1n) is 11.6. The Kier molecular flexibility index (Phi) is 8.34. The molecule has 2 nitrogen and oxygen atoms in total. The van der Waals surface area contributed by atoms with E-state index in [9.17, 15) is 4.79 Å². The third kappa shape index (κ3) is 6.45. The minimum absolute atomic E-state index is 0.139. The van der Waals surface area contributed by atoms with Gasteiger partial charge in [0.05, 0.1) is 5.92 Å². The standard InChI is InChI=1S/C27H36O2/c1-2-3-4-5-6-7-8-21-9-11-22(12-10-21)23-13-15-24(16-14-23)25-17-19-26(20-18-25)27(28)29/h9-16,25-26H,2-8,17-20H2,1H3,(H,28,29). The van der Waals surface area contributed by atoms with Crippen LogP contribution in [-0.2, 0) is 11.2 Å². The van der Waals surface area contributed by atoms with Crippen LogP contribution in [0.4, 0.5) is 0 Å². The van der Waals surface area contributed by atoms with Gasteiger partial charge in [0.25, 0.3) is 0 Å². The van der Waals surface area contributed by atoms with Crippen LogP contribution in [0.3, 0.4) is 0 Å². The molecule has 29 heavy (non-hydrogen) atoms. The fourth-order valence-electron chi connectivity index (χ4n) is 4.59. The summed E-state index contributed by atoms with van der Waals surface area (Å²) >= 11 is 0. The van der Waals surface area contributed by atoms with Crippen LogP contribution in [0.15, 0.2) is 48.5 Å². The van der Waals surface area contributed by atoms with E-state index >= 15 is 0 Å². The summed E-state index contributed by atoms with van der Waals surface area (Å²) in [6.07, 6.45) is 12.9. The lowest BCUT2D eigenvalue weighted by Crippen LogP contribution is -2.20. The van der Waals surface area contributed by atoms with E-state index in [-0.39, 0.29) is 5.92 Å². The smallest absolute Gasteiger partial charge is 0.306 e. The lowest BCUT2D eigenvalue weighted by Gasteiger charge is -2.26. The molecule has 0 aromatic heterocycles. The van der Waals surface area contributed by atoms with Gasteiger partial charge in [-0.25, -0.2) is 0 Å². The highest BCUT2D eigenvalue weighted by Crippen LogP contribution is 2.36. The SMILES string of the molecule is CCCCCCCCc1ccc(-c2ccc(C3CCC(C(=O)O)CC3)cc2)cc1. The van der Waals surface area contributed by atoms with E-state index in [0.717, 1.165) is 25.7 Å². The van der Waals surface area contributed by atoms with Crippen molar-refractivity contribution in [3.05, 3.63) is 59.7 Å². The average molecular weight is 393 g/mol. The molecule has 0 heterocycles. The van der Waals surface area contributed by atoms with Crippen LogP contribution in [0.2, 0.25) is 0 Å². The first-order valence-corrected chi connectivity index (χ1v) is 11.6. The fourth-order valence-corrected chi connectivity index (χ4v) is 4.59. The fraction of sp³-hybridized carbons (Fsp3) is 0.519. The van der Waals surface area contributed by atoms with E-state index in [2.05, 4.69) is 55.5 Å². The molecule has 3 rings (SSSR count). The number of hydrogen-bond acceptors (Lipinski definition) is 1. The van der Waals surface area contributed by atoms with E-state index in [1.165, 1.54) is 67.2 Å². The van der Waals surface area contributed by atoms with Gasteiger partial charge >= 0.3 is 5.97 Å². The van der Waals surface area contributed by atoms with Crippen molar-refractivity contribution in [2.75, 3.05) is 0 Å². The molecule has 2 aromatic rings. The molecule has 2 aromatic carbocycles. The lowest BCUT2D eigenvalue weighted by molar-refractivity contribution is -0.142. The zero-order valence-electron chi connectivity index (χ0n) is 17.9. The topological polar surface area (TPSA) is 37.3 Å². The van der Waals surface area contributed by atoms with Crippen molar-refractivity contribution in [3.63, 3.8) is 0 Å². The molecule has 1 aliphatic rings. The Balaban J connectivity index is 1.49. The molecular formula is C27H36O2. The first-order chi connectivity index (χ1) is 14.2. The predicted molar refractivity (Wildman–Crippen MR) is 121 cm³/mol. The van der Waals surface area contributed by atoms with Gasteiger partial charge in [-0.15, -0.1) is 0 Å². The molecular weight excluding hydrogens is 356 g/mol. The summed E-state index contributed by atoms with van der Waals surface area (Å²) in [7, 11) is 0. The number of carboxylic acids is 1. The number of rotatable bonds is 10. The summed E-state index contributed by atoms with van der Waals surface area (Å²) in [5.74, 6) is -0.251. The molecule has 0 saturated heterocycles. The molecule has 156 valence electrons. The van der Waals surface area contributed by atoms with Gasteiger partial charge in [0.15, 0.2) is 0 Å². The van der Waals surface area contributed by atoms with Crippen LogP contribution in [0.5, 0.6) is 0 Å². The van der Waals surface area contributed by atoms with Crippen LogP contribution < -0.4 is 0 Å². The highest BCUT2D eigenvalue weighted by molar-refractivity contribution is 5.70. The third-order valence-corrected chi connectivity index (χ3v) is 6.56. The Hall–Kier alpha value is -2.09. The van der Waals surface area contributed by atoms with Gasteiger partial charge < -0.3 is 5.11 Å². The number of hydrogen-bond donors (Lipinski definition) is 1. The average Bonchev–Trinajstić information content (AvgIpc) is 2.77. The zero-order valence-corrected chi connectivity index (χ0v) is 17.9. The van der Waals surface area contributed by atoms with Crippen LogP contribution >= 0.6 is 0 Å². The second-order valence-corrected chi connectivity index (χ2v) is 8.72. The number of aliphatic carboxylic acids is 1. The number of carbonyl (C=O) groups is 1. The zero-order chi connectivity index (χ0) is 20.5. The van der Waals surface area contributed by atoms with E-state index in [0.29, 0.717) is 5.92 Å². The Labute approximate surface area is 176 Å².